The molecule has 8 heteroatoms. The number of allylic oxidation sites excluding steroid dienone is 2. The Labute approximate surface area is 242 Å². The van der Waals surface area contributed by atoms with E-state index in [9.17, 15) is 19.5 Å². The topological polar surface area (TPSA) is 114 Å². The summed E-state index contributed by atoms with van der Waals surface area (Å²) in [6.45, 7) is 0.376. The predicted molar refractivity (Wildman–Crippen MR) is 156 cm³/mol. The largest absolute Gasteiger partial charge is 0.463 e. The number of aliphatic hydroxyl groups is 1. The molecule has 1 fully saturated rings. The third kappa shape index (κ3) is 9.54. The van der Waals surface area contributed by atoms with Gasteiger partial charge < -0.3 is 25.2 Å². The van der Waals surface area contributed by atoms with Crippen LogP contribution in [0.5, 0.6) is 0 Å². The molecule has 2 aliphatic rings. The van der Waals surface area contributed by atoms with Crippen LogP contribution >= 0.6 is 0 Å². The zero-order valence-corrected chi connectivity index (χ0v) is 23.6. The Morgan fingerprint density at radius 2 is 1.59 bits per heavy atom. The van der Waals surface area contributed by atoms with E-state index < -0.39 is 17.5 Å². The monoisotopic (exact) mass is 562 g/mol. The summed E-state index contributed by atoms with van der Waals surface area (Å²) >= 11 is 0. The summed E-state index contributed by atoms with van der Waals surface area (Å²) in [5.41, 5.74) is 1.45. The van der Waals surface area contributed by atoms with Crippen molar-refractivity contribution in [2.45, 2.75) is 69.6 Å². The van der Waals surface area contributed by atoms with Crippen LogP contribution < -0.4 is 10.6 Å². The van der Waals surface area contributed by atoms with Crippen LogP contribution in [0.15, 0.2) is 72.8 Å². The van der Waals surface area contributed by atoms with Gasteiger partial charge in [-0.3, -0.25) is 14.4 Å². The maximum Gasteiger partial charge on any atom is 0.309 e. The van der Waals surface area contributed by atoms with E-state index in [0.29, 0.717) is 25.9 Å². The fourth-order valence-electron chi connectivity index (χ4n) is 5.55. The van der Waals surface area contributed by atoms with Crippen LogP contribution in [0.4, 0.5) is 0 Å². The smallest absolute Gasteiger partial charge is 0.309 e. The summed E-state index contributed by atoms with van der Waals surface area (Å²) in [5.74, 6) is -1.83. The molecule has 1 aliphatic heterocycles. The number of cyclic esters (lactones) is 1. The number of carbonyl (C=O) groups excluding carboxylic acids is 3. The molecule has 0 radical (unpaired) electrons. The van der Waals surface area contributed by atoms with Gasteiger partial charge in [-0.15, -0.1) is 0 Å². The summed E-state index contributed by atoms with van der Waals surface area (Å²) < 4.78 is 11.6. The van der Waals surface area contributed by atoms with Crippen molar-refractivity contribution in [3.63, 3.8) is 0 Å². The summed E-state index contributed by atoms with van der Waals surface area (Å²) in [5, 5.41) is 15.9. The summed E-state index contributed by atoms with van der Waals surface area (Å²) in [4.78, 5) is 39.6. The van der Waals surface area contributed by atoms with Crippen LogP contribution in [0, 0.1) is 11.8 Å². The summed E-state index contributed by atoms with van der Waals surface area (Å²) in [7, 11) is 0. The van der Waals surface area contributed by atoms with Crippen molar-refractivity contribution in [1.29, 1.82) is 0 Å². The van der Waals surface area contributed by atoms with Gasteiger partial charge in [0.25, 0.3) is 0 Å². The van der Waals surface area contributed by atoms with Crippen LogP contribution in [0.2, 0.25) is 0 Å². The molecule has 3 atom stereocenters. The number of rotatable bonds is 10. The lowest BCUT2D eigenvalue weighted by molar-refractivity contribution is -0.150. The molecule has 0 spiro atoms. The number of hydrogen-bond donors (Lipinski definition) is 3. The number of carbonyl (C=O) groups is 3. The third-order valence-electron chi connectivity index (χ3n) is 7.94. The second-order valence-electron chi connectivity index (χ2n) is 11.3. The highest BCUT2D eigenvalue weighted by Crippen LogP contribution is 2.29. The van der Waals surface area contributed by atoms with Crippen molar-refractivity contribution < 1.29 is 29.0 Å². The number of amides is 2. The van der Waals surface area contributed by atoms with Gasteiger partial charge in [0.15, 0.2) is 0 Å². The third-order valence-corrected chi connectivity index (χ3v) is 7.94. The fraction of sp³-hybridized carbons (Fsp3) is 0.485. The lowest BCUT2D eigenvalue weighted by atomic mass is 9.93. The van der Waals surface area contributed by atoms with Crippen molar-refractivity contribution in [3.8, 4) is 0 Å². The van der Waals surface area contributed by atoms with Crippen LogP contribution in [0.3, 0.4) is 0 Å². The molecule has 41 heavy (non-hydrogen) atoms. The molecule has 1 saturated carbocycles. The van der Waals surface area contributed by atoms with E-state index >= 15 is 0 Å². The highest BCUT2D eigenvalue weighted by Gasteiger charge is 2.36. The molecule has 3 unspecified atom stereocenters. The van der Waals surface area contributed by atoms with Gasteiger partial charge in [-0.05, 0) is 43.2 Å². The van der Waals surface area contributed by atoms with Crippen molar-refractivity contribution in [3.05, 3.63) is 83.9 Å². The molecule has 0 aromatic heterocycles. The maximum absolute atomic E-state index is 13.4. The van der Waals surface area contributed by atoms with Gasteiger partial charge in [-0.2, -0.15) is 0 Å². The number of ether oxygens (including phenoxy) is 2. The van der Waals surface area contributed by atoms with Crippen LogP contribution in [0.1, 0.15) is 56.1 Å². The van der Waals surface area contributed by atoms with Gasteiger partial charge >= 0.3 is 5.97 Å². The van der Waals surface area contributed by atoms with E-state index in [4.69, 9.17) is 9.47 Å². The first kappa shape index (κ1) is 30.5. The van der Waals surface area contributed by atoms with E-state index in [-0.39, 0.29) is 49.9 Å². The van der Waals surface area contributed by atoms with E-state index in [1.54, 1.807) is 0 Å². The number of nitrogens with one attached hydrogen (secondary N) is 2. The van der Waals surface area contributed by atoms with E-state index in [0.717, 1.165) is 36.8 Å². The molecular weight excluding hydrogens is 520 g/mol. The van der Waals surface area contributed by atoms with Crippen LogP contribution in [0.25, 0.3) is 0 Å². The molecule has 1 heterocycles. The zero-order valence-electron chi connectivity index (χ0n) is 23.6. The minimum absolute atomic E-state index is 0.00273. The highest BCUT2D eigenvalue weighted by molar-refractivity contribution is 5.86. The fourth-order valence-corrected chi connectivity index (χ4v) is 5.55. The minimum Gasteiger partial charge on any atom is -0.463 e. The average Bonchev–Trinajstić information content (AvgIpc) is 3.45. The Hall–Kier alpha value is -3.49. The average molecular weight is 563 g/mol. The number of aliphatic hydroxyl groups excluding tert-OH is 1. The van der Waals surface area contributed by atoms with Crippen molar-refractivity contribution in [1.82, 2.24) is 10.6 Å². The second kappa shape index (κ2) is 15.5. The van der Waals surface area contributed by atoms with Crippen molar-refractivity contribution in [2.24, 2.45) is 11.8 Å². The molecule has 2 aromatic carbocycles. The maximum atomic E-state index is 13.4. The first-order chi connectivity index (χ1) is 20.0. The number of benzene rings is 2. The molecule has 0 bridgehead atoms. The van der Waals surface area contributed by atoms with Gasteiger partial charge in [0, 0.05) is 6.42 Å². The molecular formula is C33H42N2O6. The standard InChI is InChI=1S/C33H42N2O6/c36-24-33(17-9-10-18-33)35-30(37)20-27-15-7-8-16-28(19-25-11-3-1-4-12-25)32(39)41-23-29(34-31(27)38)22-40-21-26-13-5-2-6-14-26/h1-8,11-14,27-29,36H,9-10,15-24H2,(H,34,38)(H,35,37). The first-order valence-corrected chi connectivity index (χ1v) is 14.7. The molecule has 4 rings (SSSR count). The Morgan fingerprint density at radius 3 is 2.24 bits per heavy atom. The quantitative estimate of drug-likeness (QED) is 0.299. The minimum atomic E-state index is -0.609. The number of esters is 1. The Morgan fingerprint density at radius 1 is 0.951 bits per heavy atom. The highest BCUT2D eigenvalue weighted by atomic mass is 16.5. The SMILES string of the molecule is O=C(CC1CC=CCC(Cc2ccccc2)C(=O)OCC(COCc2ccccc2)NC1=O)NC1(CO)CCCC1. The Balaban J connectivity index is 1.46. The van der Waals surface area contributed by atoms with E-state index in [1.165, 1.54) is 0 Å². The molecule has 220 valence electrons. The van der Waals surface area contributed by atoms with Gasteiger partial charge in [0.1, 0.15) is 6.61 Å². The van der Waals surface area contributed by atoms with Crippen molar-refractivity contribution in [2.75, 3.05) is 19.8 Å². The van der Waals surface area contributed by atoms with Crippen LogP contribution in [-0.2, 0) is 36.9 Å². The Bertz CT molecular complexity index is 1150. The number of hydrogen-bond acceptors (Lipinski definition) is 6. The van der Waals surface area contributed by atoms with Gasteiger partial charge in [-0.25, -0.2) is 0 Å². The summed E-state index contributed by atoms with van der Waals surface area (Å²) in [6, 6.07) is 19.0. The van der Waals surface area contributed by atoms with Gasteiger partial charge in [-0.1, -0.05) is 85.7 Å². The van der Waals surface area contributed by atoms with Gasteiger partial charge in [0.05, 0.1) is 43.2 Å². The predicted octanol–water partition coefficient (Wildman–Crippen LogP) is 3.87. The van der Waals surface area contributed by atoms with Gasteiger partial charge in [0.2, 0.25) is 11.8 Å². The normalized spacial score (nSPS) is 23.1. The van der Waals surface area contributed by atoms with Crippen molar-refractivity contribution >= 4 is 17.8 Å². The summed E-state index contributed by atoms with van der Waals surface area (Å²) in [6.07, 6.45) is 8.55. The molecule has 0 saturated heterocycles. The lowest BCUT2D eigenvalue weighted by Gasteiger charge is -2.29. The second-order valence-corrected chi connectivity index (χ2v) is 11.3. The molecule has 3 N–H and O–H groups in total. The van der Waals surface area contributed by atoms with Crippen LogP contribution in [-0.4, -0.2) is 54.3 Å². The molecule has 8 nitrogen and oxygen atoms in total. The van der Waals surface area contributed by atoms with E-state index in [1.807, 2.05) is 72.8 Å². The zero-order chi connectivity index (χ0) is 28.9. The molecule has 1 aliphatic carbocycles. The Kier molecular flexibility index (Phi) is 11.5. The molecule has 2 amide bonds. The molecule has 2 aromatic rings. The lowest BCUT2D eigenvalue weighted by Crippen LogP contribution is -2.51. The van der Waals surface area contributed by atoms with E-state index in [2.05, 4.69) is 10.6 Å². The first-order valence-electron chi connectivity index (χ1n) is 14.7.